The van der Waals surface area contributed by atoms with Crippen molar-refractivity contribution >= 4 is 29.6 Å². The van der Waals surface area contributed by atoms with Crippen molar-refractivity contribution < 1.29 is 9.53 Å². The van der Waals surface area contributed by atoms with E-state index < -0.39 is 0 Å². The minimum absolute atomic E-state index is 0.276. The van der Waals surface area contributed by atoms with Crippen LogP contribution in [0.2, 0.25) is 5.02 Å². The Hall–Kier alpha value is -0.870. The Morgan fingerprint density at radius 3 is 2.50 bits per heavy atom. The maximum absolute atomic E-state index is 11.5. The quantitative estimate of drug-likeness (QED) is 0.759. The number of benzene rings is 1. The van der Waals surface area contributed by atoms with E-state index in [9.17, 15) is 4.79 Å². The lowest BCUT2D eigenvalue weighted by Gasteiger charge is -2.25. The van der Waals surface area contributed by atoms with Crippen LogP contribution in [0.5, 0.6) is 0 Å². The zero-order valence-corrected chi connectivity index (χ0v) is 10.6. The Kier molecular flexibility index (Phi) is 3.04. The van der Waals surface area contributed by atoms with E-state index in [1.165, 1.54) is 11.9 Å². The van der Waals surface area contributed by atoms with Crippen LogP contribution in [0.15, 0.2) is 29.2 Å². The average molecular weight is 258 g/mol. The molecule has 0 spiro atoms. The second kappa shape index (κ2) is 4.18. The molecule has 1 aliphatic heterocycles. The summed E-state index contributed by atoms with van der Waals surface area (Å²) >= 11 is 7.17. The smallest absolute Gasteiger partial charge is 0.420 e. The second-order valence-corrected chi connectivity index (χ2v) is 5.66. The van der Waals surface area contributed by atoms with Gasteiger partial charge in [-0.15, -0.1) is 0 Å². The molecule has 3 nitrogen and oxygen atoms in total. The minimum Gasteiger partial charge on any atom is -0.446 e. The molecule has 0 atom stereocenters. The van der Waals surface area contributed by atoms with Crippen LogP contribution in [0.3, 0.4) is 0 Å². The first-order chi connectivity index (χ1) is 7.49. The van der Waals surface area contributed by atoms with E-state index in [0.717, 1.165) is 4.90 Å². The van der Waals surface area contributed by atoms with Crippen molar-refractivity contribution in [2.24, 2.45) is 0 Å². The van der Waals surface area contributed by atoms with Crippen LogP contribution in [0.25, 0.3) is 0 Å². The van der Waals surface area contributed by atoms with Crippen molar-refractivity contribution in [3.05, 3.63) is 29.3 Å². The molecule has 1 aromatic carbocycles. The van der Waals surface area contributed by atoms with Gasteiger partial charge >= 0.3 is 6.09 Å². The van der Waals surface area contributed by atoms with Gasteiger partial charge in [-0.3, -0.25) is 0 Å². The first-order valence-corrected chi connectivity index (χ1v) is 6.05. The van der Waals surface area contributed by atoms with E-state index in [2.05, 4.69) is 0 Å². The normalized spacial score (nSPS) is 18.7. The molecule has 0 radical (unpaired) electrons. The summed E-state index contributed by atoms with van der Waals surface area (Å²) in [7, 11) is 0. The van der Waals surface area contributed by atoms with Crippen LogP contribution in [-0.4, -0.2) is 22.5 Å². The molecule has 1 aromatic rings. The molecule has 1 aliphatic rings. The van der Waals surface area contributed by atoms with E-state index in [0.29, 0.717) is 11.6 Å². The molecule has 0 bridgehead atoms. The van der Waals surface area contributed by atoms with Gasteiger partial charge in [0.05, 0.1) is 5.54 Å². The third kappa shape index (κ3) is 2.28. The zero-order valence-electron chi connectivity index (χ0n) is 9.07. The topological polar surface area (TPSA) is 29.5 Å². The number of rotatable bonds is 2. The lowest BCUT2D eigenvalue weighted by atomic mass is 10.1. The maximum Gasteiger partial charge on any atom is 0.420 e. The zero-order chi connectivity index (χ0) is 11.8. The predicted molar refractivity (Wildman–Crippen MR) is 64.6 cm³/mol. The van der Waals surface area contributed by atoms with Gasteiger partial charge in [0.15, 0.2) is 0 Å². The number of halogens is 1. The Morgan fingerprint density at radius 2 is 2.00 bits per heavy atom. The first kappa shape index (κ1) is 11.6. The third-order valence-electron chi connectivity index (χ3n) is 2.27. The number of hydrogen-bond acceptors (Lipinski definition) is 3. The largest absolute Gasteiger partial charge is 0.446 e. The SMILES string of the molecule is CC1(C)COC(=O)N1Sc1ccc(Cl)cc1. The van der Waals surface area contributed by atoms with Crippen molar-refractivity contribution in [1.82, 2.24) is 4.31 Å². The molecular weight excluding hydrogens is 246 g/mol. The number of hydrogen-bond donors (Lipinski definition) is 0. The average Bonchev–Trinajstić information content (AvgIpc) is 2.48. The van der Waals surface area contributed by atoms with E-state index in [4.69, 9.17) is 16.3 Å². The molecule has 0 unspecified atom stereocenters. The molecule has 1 fully saturated rings. The summed E-state index contributed by atoms with van der Waals surface area (Å²) in [5.74, 6) is 0. The second-order valence-electron chi connectivity index (χ2n) is 4.21. The van der Waals surface area contributed by atoms with Crippen molar-refractivity contribution in [3.63, 3.8) is 0 Å². The van der Waals surface area contributed by atoms with Crippen molar-refractivity contribution in [2.45, 2.75) is 24.3 Å². The number of nitrogens with zero attached hydrogens (tertiary/aromatic N) is 1. The monoisotopic (exact) mass is 257 g/mol. The number of amides is 1. The summed E-state index contributed by atoms with van der Waals surface area (Å²) in [4.78, 5) is 12.5. The van der Waals surface area contributed by atoms with Gasteiger partial charge in [0, 0.05) is 9.92 Å². The summed E-state index contributed by atoms with van der Waals surface area (Å²) in [5.41, 5.74) is -0.276. The predicted octanol–water partition coefficient (Wildman–Crippen LogP) is 3.58. The van der Waals surface area contributed by atoms with Crippen LogP contribution in [0.4, 0.5) is 4.79 Å². The van der Waals surface area contributed by atoms with Crippen molar-refractivity contribution in [3.8, 4) is 0 Å². The highest BCUT2D eigenvalue weighted by Gasteiger charge is 2.40. The molecule has 1 amide bonds. The Labute approximate surface area is 104 Å². The van der Waals surface area contributed by atoms with Gasteiger partial charge in [0.1, 0.15) is 6.61 Å². The molecule has 0 saturated carbocycles. The van der Waals surface area contributed by atoms with E-state index >= 15 is 0 Å². The highest BCUT2D eigenvalue weighted by atomic mass is 35.5. The summed E-state index contributed by atoms with van der Waals surface area (Å²) < 4.78 is 6.67. The Balaban J connectivity index is 2.15. The highest BCUT2D eigenvalue weighted by molar-refractivity contribution is 7.97. The molecule has 86 valence electrons. The van der Waals surface area contributed by atoms with E-state index in [1.54, 1.807) is 16.4 Å². The number of cyclic esters (lactones) is 1. The van der Waals surface area contributed by atoms with Gasteiger partial charge in [0.25, 0.3) is 0 Å². The highest BCUT2D eigenvalue weighted by Crippen LogP contribution is 2.35. The molecule has 0 aromatic heterocycles. The Morgan fingerprint density at radius 1 is 1.38 bits per heavy atom. The van der Waals surface area contributed by atoms with Crippen LogP contribution < -0.4 is 0 Å². The summed E-state index contributed by atoms with van der Waals surface area (Å²) in [6, 6.07) is 7.37. The fourth-order valence-corrected chi connectivity index (χ4v) is 2.39. The van der Waals surface area contributed by atoms with Crippen LogP contribution in [0.1, 0.15) is 13.8 Å². The lowest BCUT2D eigenvalue weighted by molar-refractivity contribution is 0.170. The van der Waals surface area contributed by atoms with Crippen LogP contribution in [-0.2, 0) is 4.74 Å². The molecule has 5 heteroatoms. The first-order valence-electron chi connectivity index (χ1n) is 4.89. The van der Waals surface area contributed by atoms with E-state index in [-0.39, 0.29) is 11.6 Å². The minimum atomic E-state index is -0.287. The van der Waals surface area contributed by atoms with Crippen LogP contribution in [0, 0.1) is 0 Å². The van der Waals surface area contributed by atoms with Crippen molar-refractivity contribution in [1.29, 1.82) is 0 Å². The number of carbonyl (C=O) groups is 1. The molecule has 1 heterocycles. The molecule has 2 rings (SSSR count). The van der Waals surface area contributed by atoms with Gasteiger partial charge in [-0.25, -0.2) is 9.10 Å². The van der Waals surface area contributed by atoms with E-state index in [1.807, 2.05) is 26.0 Å². The molecule has 0 N–H and O–H groups in total. The molecular formula is C11H12ClNO2S. The Bertz CT molecular complexity index is 405. The number of ether oxygens (including phenoxy) is 1. The van der Waals surface area contributed by atoms with Gasteiger partial charge in [0.2, 0.25) is 0 Å². The molecule has 0 aliphatic carbocycles. The molecule has 16 heavy (non-hydrogen) atoms. The fourth-order valence-electron chi connectivity index (χ4n) is 1.36. The third-order valence-corrected chi connectivity index (χ3v) is 3.84. The summed E-state index contributed by atoms with van der Waals surface area (Å²) in [6.07, 6.45) is -0.287. The summed E-state index contributed by atoms with van der Waals surface area (Å²) in [5, 5.41) is 0.688. The maximum atomic E-state index is 11.5. The number of carbonyl (C=O) groups excluding carboxylic acids is 1. The standard InChI is InChI=1S/C11H12ClNO2S/c1-11(2)7-15-10(14)13(11)16-9-5-3-8(12)4-6-9/h3-6H,7H2,1-2H3. The van der Waals surface area contributed by atoms with Gasteiger partial charge in [-0.2, -0.15) is 0 Å². The summed E-state index contributed by atoms with van der Waals surface area (Å²) in [6.45, 7) is 4.37. The van der Waals surface area contributed by atoms with Gasteiger partial charge in [-0.05, 0) is 50.1 Å². The van der Waals surface area contributed by atoms with Crippen molar-refractivity contribution in [2.75, 3.05) is 6.61 Å². The van der Waals surface area contributed by atoms with Crippen LogP contribution >= 0.6 is 23.5 Å². The van der Waals surface area contributed by atoms with Gasteiger partial charge < -0.3 is 4.74 Å². The lowest BCUT2D eigenvalue weighted by Crippen LogP contribution is -2.36. The van der Waals surface area contributed by atoms with Gasteiger partial charge in [-0.1, -0.05) is 11.6 Å². The molecule has 1 saturated heterocycles. The fraction of sp³-hybridized carbons (Fsp3) is 0.364.